The van der Waals surface area contributed by atoms with Crippen LogP contribution in [0.25, 0.3) is 0 Å². The zero-order valence-electron chi connectivity index (χ0n) is 8.76. The maximum absolute atomic E-state index is 9.42. The van der Waals surface area contributed by atoms with Crippen LogP contribution in [0.15, 0.2) is 12.4 Å². The molecule has 5 nitrogen and oxygen atoms in total. The molecule has 0 amide bonds. The van der Waals surface area contributed by atoms with E-state index >= 15 is 0 Å². The SMILES string of the molecule is COCc1cc(N2CCC(O)C2)ncn1. The maximum atomic E-state index is 9.42. The Morgan fingerprint density at radius 1 is 1.60 bits per heavy atom. The predicted octanol–water partition coefficient (Wildman–Crippen LogP) is 0.194. The van der Waals surface area contributed by atoms with Crippen molar-refractivity contribution in [2.24, 2.45) is 0 Å². The second kappa shape index (κ2) is 4.55. The van der Waals surface area contributed by atoms with Gasteiger partial charge in [0.2, 0.25) is 0 Å². The first kappa shape index (κ1) is 10.3. The highest BCUT2D eigenvalue weighted by Crippen LogP contribution is 2.18. The average Bonchev–Trinajstić information content (AvgIpc) is 2.66. The summed E-state index contributed by atoms with van der Waals surface area (Å²) in [5.74, 6) is 0.869. The van der Waals surface area contributed by atoms with Gasteiger partial charge >= 0.3 is 0 Å². The van der Waals surface area contributed by atoms with Crippen LogP contribution in [0.3, 0.4) is 0 Å². The first-order valence-electron chi connectivity index (χ1n) is 5.02. The van der Waals surface area contributed by atoms with Crippen LogP contribution in [0.5, 0.6) is 0 Å². The standard InChI is InChI=1S/C10H15N3O2/c1-15-6-8-4-10(12-7-11-8)13-3-2-9(14)5-13/h4,7,9,14H,2-3,5-6H2,1H3. The van der Waals surface area contributed by atoms with E-state index in [9.17, 15) is 5.11 Å². The molecule has 1 atom stereocenters. The molecule has 2 rings (SSSR count). The number of aliphatic hydroxyl groups excluding tert-OH is 1. The Bertz CT molecular complexity index is 332. The normalized spacial score (nSPS) is 20.9. The van der Waals surface area contributed by atoms with Crippen molar-refractivity contribution in [1.82, 2.24) is 9.97 Å². The van der Waals surface area contributed by atoms with E-state index in [0.29, 0.717) is 13.2 Å². The van der Waals surface area contributed by atoms with Gasteiger partial charge in [-0.25, -0.2) is 9.97 Å². The fourth-order valence-electron chi connectivity index (χ4n) is 1.74. The minimum atomic E-state index is -0.231. The summed E-state index contributed by atoms with van der Waals surface area (Å²) in [6.07, 6.45) is 2.11. The minimum Gasteiger partial charge on any atom is -0.391 e. The van der Waals surface area contributed by atoms with Gasteiger partial charge in [-0.2, -0.15) is 0 Å². The lowest BCUT2D eigenvalue weighted by Crippen LogP contribution is -2.22. The molecule has 15 heavy (non-hydrogen) atoms. The lowest BCUT2D eigenvalue weighted by molar-refractivity contribution is 0.181. The van der Waals surface area contributed by atoms with Crippen molar-refractivity contribution in [1.29, 1.82) is 0 Å². The van der Waals surface area contributed by atoms with E-state index in [-0.39, 0.29) is 6.10 Å². The van der Waals surface area contributed by atoms with Gasteiger partial charge in [0.05, 0.1) is 18.4 Å². The number of rotatable bonds is 3. The summed E-state index contributed by atoms with van der Waals surface area (Å²) >= 11 is 0. The molecule has 0 bridgehead atoms. The van der Waals surface area contributed by atoms with Crippen LogP contribution in [0.2, 0.25) is 0 Å². The molecule has 1 aliphatic heterocycles. The third kappa shape index (κ3) is 2.43. The van der Waals surface area contributed by atoms with Crippen molar-refractivity contribution in [2.45, 2.75) is 19.1 Å². The van der Waals surface area contributed by atoms with Gasteiger partial charge in [0.1, 0.15) is 12.1 Å². The van der Waals surface area contributed by atoms with Crippen LogP contribution in [0.1, 0.15) is 12.1 Å². The summed E-state index contributed by atoms with van der Waals surface area (Å²) in [5, 5.41) is 9.42. The van der Waals surface area contributed by atoms with E-state index in [1.165, 1.54) is 6.33 Å². The highest BCUT2D eigenvalue weighted by atomic mass is 16.5. The van der Waals surface area contributed by atoms with Gasteiger partial charge in [0, 0.05) is 26.3 Å². The molecule has 1 fully saturated rings. The number of hydrogen-bond acceptors (Lipinski definition) is 5. The van der Waals surface area contributed by atoms with E-state index in [4.69, 9.17) is 4.74 Å². The van der Waals surface area contributed by atoms with E-state index in [1.54, 1.807) is 7.11 Å². The van der Waals surface area contributed by atoms with Gasteiger partial charge < -0.3 is 14.7 Å². The fraction of sp³-hybridized carbons (Fsp3) is 0.600. The van der Waals surface area contributed by atoms with Gasteiger partial charge in [-0.3, -0.25) is 0 Å². The Hall–Kier alpha value is -1.20. The fourth-order valence-corrected chi connectivity index (χ4v) is 1.74. The molecule has 1 aromatic rings. The van der Waals surface area contributed by atoms with Crippen molar-refractivity contribution in [2.75, 3.05) is 25.1 Å². The Balaban J connectivity index is 2.10. The Morgan fingerprint density at radius 3 is 3.13 bits per heavy atom. The zero-order valence-corrected chi connectivity index (χ0v) is 8.76. The van der Waals surface area contributed by atoms with Gasteiger partial charge in [-0.15, -0.1) is 0 Å². The second-order valence-corrected chi connectivity index (χ2v) is 3.69. The molecule has 82 valence electrons. The molecule has 0 spiro atoms. The van der Waals surface area contributed by atoms with E-state index in [1.807, 2.05) is 6.07 Å². The number of aliphatic hydroxyl groups is 1. The highest BCUT2D eigenvalue weighted by Gasteiger charge is 2.21. The Kier molecular flexibility index (Phi) is 3.13. The largest absolute Gasteiger partial charge is 0.391 e. The number of methoxy groups -OCH3 is 1. The minimum absolute atomic E-state index is 0.231. The monoisotopic (exact) mass is 209 g/mol. The van der Waals surface area contributed by atoms with Gasteiger partial charge in [-0.05, 0) is 6.42 Å². The van der Waals surface area contributed by atoms with E-state index in [2.05, 4.69) is 14.9 Å². The molecule has 0 radical (unpaired) electrons. The molecule has 5 heteroatoms. The van der Waals surface area contributed by atoms with Crippen molar-refractivity contribution in [3.8, 4) is 0 Å². The number of β-amino-alcohol motifs (C(OH)–C–C–N with tert-alkyl or cyclic N) is 1. The molecule has 2 heterocycles. The summed E-state index contributed by atoms with van der Waals surface area (Å²) in [4.78, 5) is 10.3. The van der Waals surface area contributed by atoms with Crippen LogP contribution in [0.4, 0.5) is 5.82 Å². The second-order valence-electron chi connectivity index (χ2n) is 3.69. The third-order valence-corrected chi connectivity index (χ3v) is 2.49. The number of hydrogen-bond donors (Lipinski definition) is 1. The molecule has 1 unspecified atom stereocenters. The Labute approximate surface area is 88.7 Å². The summed E-state index contributed by atoms with van der Waals surface area (Å²) in [6.45, 7) is 2.00. The quantitative estimate of drug-likeness (QED) is 0.770. The van der Waals surface area contributed by atoms with E-state index in [0.717, 1.165) is 24.5 Å². The van der Waals surface area contributed by atoms with Crippen molar-refractivity contribution < 1.29 is 9.84 Å². The van der Waals surface area contributed by atoms with Gasteiger partial charge in [0.15, 0.2) is 0 Å². The lowest BCUT2D eigenvalue weighted by atomic mass is 10.3. The van der Waals surface area contributed by atoms with E-state index < -0.39 is 0 Å². The van der Waals surface area contributed by atoms with Crippen LogP contribution in [-0.4, -0.2) is 41.4 Å². The number of ether oxygens (including phenoxy) is 1. The predicted molar refractivity (Wildman–Crippen MR) is 55.6 cm³/mol. The summed E-state index contributed by atoms with van der Waals surface area (Å²) in [7, 11) is 1.64. The topological polar surface area (TPSA) is 58.5 Å². The molecule has 1 aliphatic rings. The van der Waals surface area contributed by atoms with Crippen molar-refractivity contribution >= 4 is 5.82 Å². The van der Waals surface area contributed by atoms with Crippen LogP contribution >= 0.6 is 0 Å². The van der Waals surface area contributed by atoms with Crippen LogP contribution in [0, 0.1) is 0 Å². The molecule has 0 aromatic carbocycles. The first-order valence-corrected chi connectivity index (χ1v) is 5.02. The summed E-state index contributed by atoms with van der Waals surface area (Å²) in [6, 6.07) is 1.90. The van der Waals surface area contributed by atoms with Crippen LogP contribution in [-0.2, 0) is 11.3 Å². The summed E-state index contributed by atoms with van der Waals surface area (Å²) < 4.78 is 5.01. The molecular formula is C10H15N3O2. The zero-order chi connectivity index (χ0) is 10.7. The van der Waals surface area contributed by atoms with Gasteiger partial charge in [-0.1, -0.05) is 0 Å². The molecule has 1 aromatic heterocycles. The maximum Gasteiger partial charge on any atom is 0.132 e. The highest BCUT2D eigenvalue weighted by molar-refractivity contribution is 5.40. The summed E-state index contributed by atoms with van der Waals surface area (Å²) in [5.41, 5.74) is 0.865. The van der Waals surface area contributed by atoms with Crippen LogP contribution < -0.4 is 4.90 Å². The smallest absolute Gasteiger partial charge is 0.132 e. The third-order valence-electron chi connectivity index (χ3n) is 2.49. The van der Waals surface area contributed by atoms with Gasteiger partial charge in [0.25, 0.3) is 0 Å². The molecule has 1 saturated heterocycles. The molecular weight excluding hydrogens is 194 g/mol. The van der Waals surface area contributed by atoms with Crippen molar-refractivity contribution in [3.63, 3.8) is 0 Å². The number of nitrogens with zero attached hydrogens (tertiary/aromatic N) is 3. The molecule has 0 saturated carbocycles. The average molecular weight is 209 g/mol. The lowest BCUT2D eigenvalue weighted by Gasteiger charge is -2.16. The number of anilines is 1. The Morgan fingerprint density at radius 2 is 2.47 bits per heavy atom. The number of aromatic nitrogens is 2. The molecule has 0 aliphatic carbocycles. The molecule has 1 N–H and O–H groups in total. The first-order chi connectivity index (χ1) is 7.29. The van der Waals surface area contributed by atoms with Crippen molar-refractivity contribution in [3.05, 3.63) is 18.1 Å².